The summed E-state index contributed by atoms with van der Waals surface area (Å²) < 4.78 is 78.4. The zero-order valence-corrected chi connectivity index (χ0v) is 17.0. The Bertz CT molecular complexity index is 1440. The fourth-order valence-corrected chi connectivity index (χ4v) is 3.48. The van der Waals surface area contributed by atoms with E-state index in [1.807, 2.05) is 0 Å². The molecule has 13 heteroatoms. The van der Waals surface area contributed by atoms with Crippen LogP contribution in [0.15, 0.2) is 53.6 Å². The Labute approximate surface area is 186 Å². The van der Waals surface area contributed by atoms with Gasteiger partial charge in [-0.2, -0.15) is 31.4 Å². The summed E-state index contributed by atoms with van der Waals surface area (Å²) in [4.78, 5) is 24.9. The molecule has 3 N–H and O–H groups in total. The van der Waals surface area contributed by atoms with Crippen molar-refractivity contribution in [2.45, 2.75) is 18.9 Å². The van der Waals surface area contributed by atoms with Crippen LogP contribution in [0.2, 0.25) is 0 Å². The van der Waals surface area contributed by atoms with E-state index in [9.17, 15) is 35.9 Å². The summed E-state index contributed by atoms with van der Waals surface area (Å²) in [7, 11) is 0. The number of hydrogen-bond acceptors (Lipinski definition) is 4. The molecule has 0 aliphatic carbocycles. The van der Waals surface area contributed by atoms with Crippen molar-refractivity contribution in [3.63, 3.8) is 0 Å². The first-order valence-electron chi connectivity index (χ1n) is 9.69. The zero-order valence-electron chi connectivity index (χ0n) is 17.0. The van der Waals surface area contributed by atoms with Crippen LogP contribution in [0.4, 0.5) is 37.7 Å². The quantitative estimate of drug-likeness (QED) is 0.369. The van der Waals surface area contributed by atoms with Crippen molar-refractivity contribution in [3.05, 3.63) is 64.7 Å². The lowest BCUT2D eigenvalue weighted by molar-refractivity contribution is -0.138. The van der Waals surface area contributed by atoms with E-state index in [1.165, 1.54) is 30.6 Å². The molecule has 0 unspecified atom stereocenters. The van der Waals surface area contributed by atoms with Gasteiger partial charge in [0.25, 0.3) is 5.56 Å². The Kier molecular flexibility index (Phi) is 5.71. The first-order chi connectivity index (χ1) is 15.9. The Morgan fingerprint density at radius 1 is 1.06 bits per heavy atom. The van der Waals surface area contributed by atoms with Crippen molar-refractivity contribution in [1.82, 2.24) is 20.1 Å². The van der Waals surface area contributed by atoms with Crippen molar-refractivity contribution < 1.29 is 31.1 Å². The van der Waals surface area contributed by atoms with Crippen molar-refractivity contribution in [1.29, 1.82) is 0 Å². The highest BCUT2D eigenvalue weighted by Crippen LogP contribution is 2.37. The average molecular weight is 483 g/mol. The van der Waals surface area contributed by atoms with E-state index in [0.717, 1.165) is 10.6 Å². The molecular formula is C21H15F6N5O2. The SMILES string of the molecule is O=C(Cn1ccc2cccc(Nc3cc(C(F)(F)F)c4[nH]ncc4c3)c2c1=O)NCC(F)(F)F. The van der Waals surface area contributed by atoms with Gasteiger partial charge in [0.1, 0.15) is 13.1 Å². The number of halogens is 6. The predicted molar refractivity (Wildman–Crippen MR) is 112 cm³/mol. The van der Waals surface area contributed by atoms with Gasteiger partial charge in [-0.15, -0.1) is 0 Å². The summed E-state index contributed by atoms with van der Waals surface area (Å²) >= 11 is 0. The highest BCUT2D eigenvalue weighted by Gasteiger charge is 2.34. The minimum atomic E-state index is -4.67. The van der Waals surface area contributed by atoms with Crippen LogP contribution in [-0.4, -0.2) is 33.4 Å². The minimum absolute atomic E-state index is 0.0337. The third-order valence-corrected chi connectivity index (χ3v) is 4.94. The summed E-state index contributed by atoms with van der Waals surface area (Å²) in [5.74, 6) is -1.02. The molecule has 2 heterocycles. The van der Waals surface area contributed by atoms with Gasteiger partial charge in [0, 0.05) is 17.3 Å². The smallest absolute Gasteiger partial charge is 0.355 e. The number of pyridine rings is 1. The second-order valence-electron chi connectivity index (χ2n) is 7.39. The lowest BCUT2D eigenvalue weighted by Crippen LogP contribution is -2.37. The number of nitrogens with one attached hydrogen (secondary N) is 3. The number of rotatable bonds is 5. The van der Waals surface area contributed by atoms with Gasteiger partial charge in [0.15, 0.2) is 0 Å². The zero-order chi connectivity index (χ0) is 24.7. The first kappa shape index (κ1) is 23.1. The fraction of sp³-hybridized carbons (Fsp3) is 0.190. The van der Waals surface area contributed by atoms with Gasteiger partial charge >= 0.3 is 12.4 Å². The van der Waals surface area contributed by atoms with Crippen molar-refractivity contribution in [3.8, 4) is 0 Å². The number of aromatic nitrogens is 3. The summed E-state index contributed by atoms with van der Waals surface area (Å²) in [6.45, 7) is -2.21. The minimum Gasteiger partial charge on any atom is -0.355 e. The topological polar surface area (TPSA) is 91.8 Å². The Balaban J connectivity index is 1.71. The third kappa shape index (κ3) is 4.82. The fourth-order valence-electron chi connectivity index (χ4n) is 3.48. The van der Waals surface area contributed by atoms with E-state index in [4.69, 9.17) is 0 Å². The molecule has 34 heavy (non-hydrogen) atoms. The molecule has 0 saturated heterocycles. The number of carbonyl (C=O) groups is 1. The second kappa shape index (κ2) is 8.39. The molecule has 2 aromatic carbocycles. The summed E-state index contributed by atoms with van der Waals surface area (Å²) in [6, 6.07) is 8.37. The standard InChI is InChI=1S/C21H15F6N5O2/c22-20(23,24)10-28-16(33)9-32-5-4-11-2-1-3-15(17(11)19(32)34)30-13-6-12-8-29-31-18(12)14(7-13)21(25,26)27/h1-8,30H,9-10H2,(H,28,33)(H,29,31). The van der Waals surface area contributed by atoms with E-state index >= 15 is 0 Å². The van der Waals surface area contributed by atoms with Crippen LogP contribution < -0.4 is 16.2 Å². The number of nitrogens with zero attached hydrogens (tertiary/aromatic N) is 2. The molecule has 0 spiro atoms. The Morgan fingerprint density at radius 3 is 2.53 bits per heavy atom. The van der Waals surface area contributed by atoms with Crippen molar-refractivity contribution in [2.24, 2.45) is 0 Å². The number of hydrogen-bond donors (Lipinski definition) is 3. The largest absolute Gasteiger partial charge is 0.418 e. The summed E-state index contributed by atoms with van der Waals surface area (Å²) in [6.07, 6.45) is -6.80. The Hall–Kier alpha value is -4.03. The van der Waals surface area contributed by atoms with E-state index in [1.54, 1.807) is 17.4 Å². The van der Waals surface area contributed by atoms with Gasteiger partial charge in [0.2, 0.25) is 5.91 Å². The molecule has 0 fully saturated rings. The molecule has 1 amide bonds. The Morgan fingerprint density at radius 2 is 1.82 bits per heavy atom. The highest BCUT2D eigenvalue weighted by atomic mass is 19.4. The molecule has 178 valence electrons. The molecule has 0 atom stereocenters. The van der Waals surface area contributed by atoms with Gasteiger partial charge in [-0.3, -0.25) is 14.7 Å². The number of H-pyrrole nitrogens is 1. The van der Waals surface area contributed by atoms with Gasteiger partial charge in [-0.1, -0.05) is 12.1 Å². The number of aromatic amines is 1. The number of anilines is 2. The summed E-state index contributed by atoms with van der Waals surface area (Å²) in [5, 5.41) is 11.1. The van der Waals surface area contributed by atoms with Gasteiger partial charge < -0.3 is 15.2 Å². The molecule has 0 aliphatic heterocycles. The summed E-state index contributed by atoms with van der Waals surface area (Å²) in [5.41, 5.74) is -1.66. The number of benzene rings is 2. The molecule has 0 saturated carbocycles. The van der Waals surface area contributed by atoms with Gasteiger partial charge in [-0.25, -0.2) is 0 Å². The molecular weight excluding hydrogens is 468 g/mol. The number of carbonyl (C=O) groups excluding carboxylic acids is 1. The maximum absolute atomic E-state index is 13.5. The molecule has 4 rings (SSSR count). The van der Waals surface area contributed by atoms with Crippen LogP contribution in [0.25, 0.3) is 21.7 Å². The molecule has 4 aromatic rings. The predicted octanol–water partition coefficient (Wildman–Crippen LogP) is 4.32. The maximum atomic E-state index is 13.5. The normalized spacial score (nSPS) is 12.3. The van der Waals surface area contributed by atoms with Crippen LogP contribution in [0.5, 0.6) is 0 Å². The third-order valence-electron chi connectivity index (χ3n) is 4.94. The molecule has 7 nitrogen and oxygen atoms in total. The molecule has 0 bridgehead atoms. The lowest BCUT2D eigenvalue weighted by Gasteiger charge is -2.14. The molecule has 0 radical (unpaired) electrons. The first-order valence-corrected chi connectivity index (χ1v) is 9.69. The lowest BCUT2D eigenvalue weighted by atomic mass is 10.1. The number of alkyl halides is 6. The maximum Gasteiger partial charge on any atom is 0.418 e. The monoisotopic (exact) mass is 483 g/mol. The van der Waals surface area contributed by atoms with Gasteiger partial charge in [-0.05, 0) is 29.7 Å². The van der Waals surface area contributed by atoms with E-state index in [-0.39, 0.29) is 27.7 Å². The highest BCUT2D eigenvalue weighted by molar-refractivity contribution is 5.96. The molecule has 0 aliphatic rings. The van der Waals surface area contributed by atoms with E-state index in [2.05, 4.69) is 15.5 Å². The van der Waals surface area contributed by atoms with Crippen molar-refractivity contribution in [2.75, 3.05) is 11.9 Å². The van der Waals surface area contributed by atoms with Crippen LogP contribution in [0.1, 0.15) is 5.56 Å². The van der Waals surface area contributed by atoms with Crippen LogP contribution in [0.3, 0.4) is 0 Å². The number of amides is 1. The van der Waals surface area contributed by atoms with Crippen LogP contribution in [-0.2, 0) is 17.5 Å². The van der Waals surface area contributed by atoms with Crippen LogP contribution in [0, 0.1) is 0 Å². The number of fused-ring (bicyclic) bond motifs is 2. The average Bonchev–Trinajstić information content (AvgIpc) is 3.21. The molecule has 2 aromatic heterocycles. The van der Waals surface area contributed by atoms with Gasteiger partial charge in [0.05, 0.1) is 28.4 Å². The van der Waals surface area contributed by atoms with E-state index < -0.39 is 42.5 Å². The van der Waals surface area contributed by atoms with Crippen molar-refractivity contribution >= 4 is 39.0 Å². The van der Waals surface area contributed by atoms with Crippen LogP contribution >= 0.6 is 0 Å². The van der Waals surface area contributed by atoms with E-state index in [0.29, 0.717) is 5.39 Å². The second-order valence-corrected chi connectivity index (χ2v) is 7.39.